The molecule has 9 nitrogen and oxygen atoms in total. The van der Waals surface area contributed by atoms with Gasteiger partial charge in [-0.2, -0.15) is 0 Å². The van der Waals surface area contributed by atoms with Crippen LogP contribution in [0.2, 0.25) is 0 Å². The van der Waals surface area contributed by atoms with Crippen molar-refractivity contribution in [2.45, 2.75) is 96.5 Å². The first-order valence-corrected chi connectivity index (χ1v) is 14.0. The molecule has 33 heavy (non-hydrogen) atoms. The molecule has 2 N–H and O–H groups in total. The molecule has 0 radical (unpaired) electrons. The number of likely N-dealkylation sites (N-methyl/N-ethyl adjacent to an activating group) is 1. The lowest BCUT2D eigenvalue weighted by molar-refractivity contribution is -0.870. The summed E-state index contributed by atoms with van der Waals surface area (Å²) >= 11 is 0. The molecule has 0 aromatic carbocycles. The van der Waals surface area contributed by atoms with Crippen molar-refractivity contribution in [1.82, 2.24) is 0 Å². The Kier molecular flexibility index (Phi) is 19.4. The van der Waals surface area contributed by atoms with E-state index in [1.54, 1.807) is 0 Å². The third-order valence-corrected chi connectivity index (χ3v) is 6.24. The summed E-state index contributed by atoms with van der Waals surface area (Å²) in [6.07, 6.45) is 13.8. The molecular weight excluding hydrogens is 449 g/mol. The molecule has 2 atom stereocenters. The van der Waals surface area contributed by atoms with Crippen molar-refractivity contribution in [3.05, 3.63) is 0 Å². The zero-order valence-corrected chi connectivity index (χ0v) is 22.2. The number of quaternary nitrogens is 1. The molecule has 0 bridgehead atoms. The first-order chi connectivity index (χ1) is 15.6. The lowest BCUT2D eigenvalue weighted by Gasteiger charge is -2.24. The second kappa shape index (κ2) is 19.7. The Bertz CT molecular complexity index is 527. The van der Waals surface area contributed by atoms with Gasteiger partial charge < -0.3 is 14.1 Å². The lowest BCUT2D eigenvalue weighted by Crippen LogP contribution is -2.37. The van der Waals surface area contributed by atoms with Gasteiger partial charge in [-0.05, 0) is 6.42 Å². The normalized spacial score (nSPS) is 14.7. The molecule has 0 fully saturated rings. The number of hydrogen-bond acceptors (Lipinski definition) is 7. The number of carbonyl (C=O) groups excluding carboxylic acids is 1. The SMILES string of the molecule is CCCCCCCCCCCCCCC(=O)OC[C@H](COP(=O)(O)OCC[N+](C)(C)C)OO. The van der Waals surface area contributed by atoms with E-state index in [0.29, 0.717) is 17.4 Å². The van der Waals surface area contributed by atoms with Crippen LogP contribution in [0.25, 0.3) is 0 Å². The third kappa shape index (κ3) is 23.0. The summed E-state index contributed by atoms with van der Waals surface area (Å²) in [5, 5.41) is 8.92. The van der Waals surface area contributed by atoms with E-state index in [2.05, 4.69) is 11.8 Å². The average Bonchev–Trinajstić information content (AvgIpc) is 2.73. The zero-order valence-electron chi connectivity index (χ0n) is 21.3. The molecule has 0 aliphatic heterocycles. The monoisotopic (exact) mass is 498 g/mol. The first kappa shape index (κ1) is 32.5. The Hall–Kier alpha value is -0.540. The van der Waals surface area contributed by atoms with E-state index in [9.17, 15) is 14.3 Å². The topological polar surface area (TPSA) is 112 Å². The van der Waals surface area contributed by atoms with Gasteiger partial charge in [0.2, 0.25) is 0 Å². The van der Waals surface area contributed by atoms with E-state index in [4.69, 9.17) is 19.0 Å². The molecule has 0 aliphatic carbocycles. The fraction of sp³-hybridized carbons (Fsp3) is 0.957. The largest absolute Gasteiger partial charge is 0.472 e. The number of carbonyl (C=O) groups is 1. The highest BCUT2D eigenvalue weighted by Gasteiger charge is 2.25. The van der Waals surface area contributed by atoms with Crippen molar-refractivity contribution in [3.8, 4) is 0 Å². The minimum atomic E-state index is -4.28. The van der Waals surface area contributed by atoms with E-state index < -0.39 is 26.5 Å². The van der Waals surface area contributed by atoms with Gasteiger partial charge in [0, 0.05) is 6.42 Å². The minimum absolute atomic E-state index is 0.0377. The molecule has 0 saturated carbocycles. The highest BCUT2D eigenvalue weighted by Crippen LogP contribution is 2.43. The molecule has 0 amide bonds. The lowest BCUT2D eigenvalue weighted by atomic mass is 10.0. The fourth-order valence-electron chi connectivity index (χ4n) is 3.12. The quantitative estimate of drug-likeness (QED) is 0.0486. The summed E-state index contributed by atoms with van der Waals surface area (Å²) < 4.78 is 27.2. The number of phosphoric ester groups is 1. The Morgan fingerprint density at radius 2 is 1.36 bits per heavy atom. The summed E-state index contributed by atoms with van der Waals surface area (Å²) in [4.78, 5) is 25.7. The zero-order chi connectivity index (χ0) is 25.0. The van der Waals surface area contributed by atoms with Crippen LogP contribution in [-0.4, -0.2) is 74.2 Å². The summed E-state index contributed by atoms with van der Waals surface area (Å²) in [6.45, 7) is 2.08. The molecule has 0 heterocycles. The van der Waals surface area contributed by atoms with Crippen molar-refractivity contribution in [1.29, 1.82) is 0 Å². The van der Waals surface area contributed by atoms with Crippen molar-refractivity contribution in [2.24, 2.45) is 0 Å². The fourth-order valence-corrected chi connectivity index (χ4v) is 3.86. The predicted octanol–water partition coefficient (Wildman–Crippen LogP) is 5.32. The van der Waals surface area contributed by atoms with Crippen LogP contribution in [0.15, 0.2) is 0 Å². The number of hydrogen-bond donors (Lipinski definition) is 2. The molecule has 0 spiro atoms. The van der Waals surface area contributed by atoms with Gasteiger partial charge in [0.25, 0.3) is 0 Å². The van der Waals surface area contributed by atoms with Gasteiger partial charge in [0.15, 0.2) is 6.10 Å². The highest BCUT2D eigenvalue weighted by atomic mass is 31.2. The van der Waals surface area contributed by atoms with E-state index in [-0.39, 0.29) is 13.2 Å². The third-order valence-electron chi connectivity index (χ3n) is 5.25. The molecule has 0 aliphatic rings. The minimum Gasteiger partial charge on any atom is -0.463 e. The molecular formula is C23H49NO8P+. The van der Waals surface area contributed by atoms with Crippen LogP contribution in [0.3, 0.4) is 0 Å². The molecule has 0 aromatic rings. The van der Waals surface area contributed by atoms with Crippen LogP contribution in [0.5, 0.6) is 0 Å². The van der Waals surface area contributed by atoms with Gasteiger partial charge in [-0.25, -0.2) is 9.45 Å². The van der Waals surface area contributed by atoms with E-state index in [0.717, 1.165) is 19.3 Å². The molecule has 1 unspecified atom stereocenters. The maximum Gasteiger partial charge on any atom is 0.472 e. The average molecular weight is 499 g/mol. The molecule has 198 valence electrons. The second-order valence-corrected chi connectivity index (χ2v) is 11.1. The maximum absolute atomic E-state index is 11.9. The van der Waals surface area contributed by atoms with Crippen LogP contribution in [0, 0.1) is 0 Å². The van der Waals surface area contributed by atoms with Crippen LogP contribution >= 0.6 is 7.82 Å². The Balaban J connectivity index is 3.74. The van der Waals surface area contributed by atoms with Crippen LogP contribution in [0.4, 0.5) is 0 Å². The number of rotatable bonds is 23. The standard InChI is InChI=1S/C23H48NO8P/c1-5-6-7-8-9-10-11-12-13-14-15-16-17-23(25)29-20-22(32-26)21-31-33(27,28)30-19-18-24(2,3)4/h22H,5-21H2,1-4H3,(H-,26,27,28)/p+1/t22-/m1/s1. The summed E-state index contributed by atoms with van der Waals surface area (Å²) in [5.41, 5.74) is 0. The number of nitrogens with zero attached hydrogens (tertiary/aromatic N) is 1. The Morgan fingerprint density at radius 1 is 0.848 bits per heavy atom. The van der Waals surface area contributed by atoms with Gasteiger partial charge in [0.05, 0.1) is 27.7 Å². The van der Waals surface area contributed by atoms with E-state index in [1.165, 1.54) is 57.8 Å². The van der Waals surface area contributed by atoms with Crippen molar-refractivity contribution < 1.29 is 42.7 Å². The van der Waals surface area contributed by atoms with Crippen molar-refractivity contribution in [2.75, 3.05) is 47.5 Å². The molecule has 0 aromatic heterocycles. The molecule has 0 rings (SSSR count). The van der Waals surface area contributed by atoms with Gasteiger partial charge in [0.1, 0.15) is 19.8 Å². The van der Waals surface area contributed by atoms with Crippen LogP contribution < -0.4 is 0 Å². The molecule has 10 heteroatoms. The predicted molar refractivity (Wildman–Crippen MR) is 129 cm³/mol. The number of esters is 1. The van der Waals surface area contributed by atoms with Gasteiger partial charge in [-0.3, -0.25) is 19.1 Å². The number of ether oxygens (including phenoxy) is 1. The van der Waals surface area contributed by atoms with Gasteiger partial charge in [-0.1, -0.05) is 77.6 Å². The number of phosphoric acid groups is 1. The van der Waals surface area contributed by atoms with E-state index >= 15 is 0 Å². The van der Waals surface area contributed by atoms with Crippen LogP contribution in [-0.2, 0) is 28.0 Å². The second-order valence-electron chi connectivity index (χ2n) is 9.66. The summed E-state index contributed by atoms with van der Waals surface area (Å²) in [5.74, 6) is -0.393. The van der Waals surface area contributed by atoms with Crippen molar-refractivity contribution >= 4 is 13.8 Å². The van der Waals surface area contributed by atoms with E-state index in [1.807, 2.05) is 21.1 Å². The first-order valence-electron chi connectivity index (χ1n) is 12.5. The Labute approximate surface area is 200 Å². The smallest absolute Gasteiger partial charge is 0.463 e. The number of unbranched alkanes of at least 4 members (excludes halogenated alkanes) is 11. The summed E-state index contributed by atoms with van der Waals surface area (Å²) in [7, 11) is 1.50. The Morgan fingerprint density at radius 3 is 1.85 bits per heavy atom. The van der Waals surface area contributed by atoms with Gasteiger partial charge >= 0.3 is 13.8 Å². The highest BCUT2D eigenvalue weighted by molar-refractivity contribution is 7.47. The van der Waals surface area contributed by atoms with Crippen molar-refractivity contribution in [3.63, 3.8) is 0 Å². The molecule has 0 saturated heterocycles. The van der Waals surface area contributed by atoms with Gasteiger partial charge in [-0.15, -0.1) is 0 Å². The summed E-state index contributed by atoms with van der Waals surface area (Å²) in [6, 6.07) is 0. The maximum atomic E-state index is 11.9. The van der Waals surface area contributed by atoms with Crippen LogP contribution in [0.1, 0.15) is 90.4 Å².